The van der Waals surface area contributed by atoms with E-state index in [1.54, 1.807) is 12.1 Å². The fourth-order valence-electron chi connectivity index (χ4n) is 4.81. The molecule has 2 aliphatic rings. The van der Waals surface area contributed by atoms with Gasteiger partial charge in [-0.1, -0.05) is 41.4 Å². The van der Waals surface area contributed by atoms with Crippen LogP contribution >= 0.6 is 23.2 Å². The van der Waals surface area contributed by atoms with Crippen LogP contribution in [-0.2, 0) is 29.1 Å². The lowest BCUT2D eigenvalue weighted by Crippen LogP contribution is -2.49. The van der Waals surface area contributed by atoms with Crippen LogP contribution in [0.5, 0.6) is 17.2 Å². The number of fused-ring (bicyclic) bond motifs is 2. The van der Waals surface area contributed by atoms with Crippen LogP contribution in [0.1, 0.15) is 42.2 Å². The average Bonchev–Trinajstić information content (AvgIpc) is 2.91. The van der Waals surface area contributed by atoms with Crippen molar-refractivity contribution in [2.24, 2.45) is 0 Å². The molecule has 0 saturated carbocycles. The maximum atomic E-state index is 12.4. The standard InChI is InChI=1S/C29H29Cl2NO5/c1-17(2)32-14-21-13-27-26(12-20(21)11-25(32)29(33)34-3)36-16-28(37-27)19-5-7-22(8-6-19)35-15-18-4-9-23(30)24(31)10-18/h4-10,12-13,17,25,28H,11,14-16H2,1-3H3/t25-,28?/m0/s1. The van der Waals surface area contributed by atoms with Gasteiger partial charge in [-0.05, 0) is 78.9 Å². The van der Waals surface area contributed by atoms with Crippen molar-refractivity contribution in [1.82, 2.24) is 4.90 Å². The summed E-state index contributed by atoms with van der Waals surface area (Å²) in [6.07, 6.45) is 0.353. The third-order valence-corrected chi connectivity index (χ3v) is 7.61. The molecule has 2 atom stereocenters. The van der Waals surface area contributed by atoms with Gasteiger partial charge in [0.05, 0.1) is 17.2 Å². The summed E-state index contributed by atoms with van der Waals surface area (Å²) in [4.78, 5) is 14.6. The van der Waals surface area contributed by atoms with Crippen LogP contribution in [0.15, 0.2) is 54.6 Å². The lowest BCUT2D eigenvalue weighted by Gasteiger charge is -2.38. The van der Waals surface area contributed by atoms with Crippen molar-refractivity contribution in [3.8, 4) is 17.2 Å². The molecule has 0 radical (unpaired) electrons. The van der Waals surface area contributed by atoms with Gasteiger partial charge in [0.15, 0.2) is 17.6 Å². The highest BCUT2D eigenvalue weighted by atomic mass is 35.5. The molecule has 0 aromatic heterocycles. The van der Waals surface area contributed by atoms with E-state index in [4.69, 9.17) is 42.1 Å². The molecule has 6 nitrogen and oxygen atoms in total. The van der Waals surface area contributed by atoms with Gasteiger partial charge in [-0.25, -0.2) is 0 Å². The summed E-state index contributed by atoms with van der Waals surface area (Å²) in [6.45, 7) is 5.62. The van der Waals surface area contributed by atoms with Crippen LogP contribution in [0.3, 0.4) is 0 Å². The summed E-state index contributed by atoms with van der Waals surface area (Å²) < 4.78 is 23.4. The number of benzene rings is 3. The van der Waals surface area contributed by atoms with Gasteiger partial charge in [-0.2, -0.15) is 0 Å². The van der Waals surface area contributed by atoms with E-state index in [0.717, 1.165) is 33.8 Å². The maximum Gasteiger partial charge on any atom is 0.323 e. The van der Waals surface area contributed by atoms with Gasteiger partial charge >= 0.3 is 5.97 Å². The Morgan fingerprint density at radius 3 is 2.49 bits per heavy atom. The Bertz CT molecular complexity index is 1290. The van der Waals surface area contributed by atoms with Crippen molar-refractivity contribution in [3.05, 3.63) is 86.9 Å². The summed E-state index contributed by atoms with van der Waals surface area (Å²) in [7, 11) is 1.44. The molecular formula is C29H29Cl2NO5. The number of methoxy groups -OCH3 is 1. The Balaban J connectivity index is 1.27. The first-order valence-corrected chi connectivity index (χ1v) is 13.0. The smallest absolute Gasteiger partial charge is 0.323 e. The van der Waals surface area contributed by atoms with E-state index in [2.05, 4.69) is 24.8 Å². The zero-order valence-electron chi connectivity index (χ0n) is 21.0. The van der Waals surface area contributed by atoms with E-state index in [1.165, 1.54) is 7.11 Å². The molecule has 194 valence electrons. The minimum absolute atomic E-state index is 0.204. The zero-order valence-corrected chi connectivity index (χ0v) is 22.5. The van der Waals surface area contributed by atoms with Crippen molar-refractivity contribution >= 4 is 29.2 Å². The number of carbonyl (C=O) groups is 1. The summed E-state index contributed by atoms with van der Waals surface area (Å²) in [5.74, 6) is 1.96. The van der Waals surface area contributed by atoms with Gasteiger partial charge in [0.1, 0.15) is 25.0 Å². The predicted molar refractivity (Wildman–Crippen MR) is 143 cm³/mol. The van der Waals surface area contributed by atoms with Gasteiger partial charge in [0, 0.05) is 12.6 Å². The Morgan fingerprint density at radius 1 is 1.03 bits per heavy atom. The van der Waals surface area contributed by atoms with Crippen molar-refractivity contribution in [2.45, 2.75) is 51.6 Å². The number of esters is 1. The van der Waals surface area contributed by atoms with Gasteiger partial charge in [-0.15, -0.1) is 0 Å². The quantitative estimate of drug-likeness (QED) is 0.337. The minimum Gasteiger partial charge on any atom is -0.489 e. The number of nitrogens with zero attached hydrogens (tertiary/aromatic N) is 1. The summed E-state index contributed by atoms with van der Waals surface area (Å²) in [6, 6.07) is 17.2. The minimum atomic E-state index is -0.301. The van der Waals surface area contributed by atoms with Crippen LogP contribution in [0, 0.1) is 0 Å². The topological polar surface area (TPSA) is 57.2 Å². The van der Waals surface area contributed by atoms with E-state index in [1.807, 2.05) is 36.4 Å². The van der Waals surface area contributed by atoms with Crippen LogP contribution < -0.4 is 14.2 Å². The Morgan fingerprint density at radius 2 is 1.78 bits per heavy atom. The largest absolute Gasteiger partial charge is 0.489 e. The van der Waals surface area contributed by atoms with Crippen LogP contribution in [0.25, 0.3) is 0 Å². The number of hydrogen-bond donors (Lipinski definition) is 0. The molecule has 0 amide bonds. The molecule has 0 spiro atoms. The van der Waals surface area contributed by atoms with Crippen molar-refractivity contribution in [3.63, 3.8) is 0 Å². The van der Waals surface area contributed by atoms with Gasteiger partial charge in [-0.3, -0.25) is 9.69 Å². The molecule has 0 fully saturated rings. The molecule has 8 heteroatoms. The van der Waals surface area contributed by atoms with E-state index in [-0.39, 0.29) is 24.2 Å². The Hall–Kier alpha value is -2.93. The van der Waals surface area contributed by atoms with Gasteiger partial charge < -0.3 is 18.9 Å². The van der Waals surface area contributed by atoms with Crippen molar-refractivity contribution in [2.75, 3.05) is 13.7 Å². The lowest BCUT2D eigenvalue weighted by atomic mass is 9.92. The van der Waals surface area contributed by atoms with E-state index >= 15 is 0 Å². The zero-order chi connectivity index (χ0) is 26.1. The summed E-state index contributed by atoms with van der Waals surface area (Å²) in [5.41, 5.74) is 4.18. The fraction of sp³-hybridized carbons (Fsp3) is 0.345. The van der Waals surface area contributed by atoms with Crippen LogP contribution in [0.4, 0.5) is 0 Å². The predicted octanol–water partition coefficient (Wildman–Crippen LogP) is 6.39. The second kappa shape index (κ2) is 10.8. The third-order valence-electron chi connectivity index (χ3n) is 6.87. The van der Waals surface area contributed by atoms with Gasteiger partial charge in [0.2, 0.25) is 0 Å². The highest BCUT2D eigenvalue weighted by Crippen LogP contribution is 2.41. The lowest BCUT2D eigenvalue weighted by molar-refractivity contribution is -0.148. The maximum absolute atomic E-state index is 12.4. The third kappa shape index (κ3) is 5.52. The molecule has 0 N–H and O–H groups in total. The Kier molecular flexibility index (Phi) is 7.52. The summed E-state index contributed by atoms with van der Waals surface area (Å²) in [5, 5.41) is 1.03. The number of hydrogen-bond acceptors (Lipinski definition) is 6. The second-order valence-electron chi connectivity index (χ2n) is 9.60. The number of carbonyl (C=O) groups excluding carboxylic acids is 1. The fourth-order valence-corrected chi connectivity index (χ4v) is 5.13. The molecule has 5 rings (SSSR count). The van der Waals surface area contributed by atoms with E-state index in [9.17, 15) is 4.79 Å². The normalized spacial score (nSPS) is 18.9. The second-order valence-corrected chi connectivity index (χ2v) is 10.4. The molecule has 37 heavy (non-hydrogen) atoms. The molecular weight excluding hydrogens is 513 g/mol. The number of ether oxygens (including phenoxy) is 4. The van der Waals surface area contributed by atoms with Crippen LogP contribution in [0.2, 0.25) is 10.0 Å². The molecule has 0 saturated heterocycles. The highest BCUT2D eigenvalue weighted by molar-refractivity contribution is 6.42. The first kappa shape index (κ1) is 25.7. The first-order valence-electron chi connectivity index (χ1n) is 12.3. The van der Waals surface area contributed by atoms with Crippen LogP contribution in [-0.4, -0.2) is 36.7 Å². The van der Waals surface area contributed by atoms with E-state index < -0.39 is 0 Å². The molecule has 0 aliphatic carbocycles. The Labute approximate surface area is 227 Å². The molecule has 0 bridgehead atoms. The highest BCUT2D eigenvalue weighted by Gasteiger charge is 2.35. The molecule has 2 heterocycles. The van der Waals surface area contributed by atoms with Crippen molar-refractivity contribution < 1.29 is 23.7 Å². The average molecular weight is 542 g/mol. The SMILES string of the molecule is COC(=O)[C@@H]1Cc2cc3c(cc2CN1C(C)C)OC(c1ccc(OCc2ccc(Cl)c(Cl)c2)cc1)CO3. The molecule has 3 aromatic carbocycles. The molecule has 3 aromatic rings. The summed E-state index contributed by atoms with van der Waals surface area (Å²) >= 11 is 12.1. The van der Waals surface area contributed by atoms with Gasteiger partial charge in [0.25, 0.3) is 0 Å². The number of rotatable bonds is 6. The van der Waals surface area contributed by atoms with Crippen molar-refractivity contribution in [1.29, 1.82) is 0 Å². The monoisotopic (exact) mass is 541 g/mol. The molecule has 2 aliphatic heterocycles. The number of halogens is 2. The molecule has 1 unspecified atom stereocenters. The van der Waals surface area contributed by atoms with E-state index in [0.29, 0.717) is 42.0 Å². The first-order chi connectivity index (χ1) is 17.8.